The van der Waals surface area contributed by atoms with Crippen LogP contribution in [0.5, 0.6) is 5.75 Å². The van der Waals surface area contributed by atoms with Crippen molar-refractivity contribution in [2.24, 2.45) is 5.10 Å². The van der Waals surface area contributed by atoms with Crippen LogP contribution in [0.15, 0.2) is 118 Å². The van der Waals surface area contributed by atoms with Gasteiger partial charge in [-0.3, -0.25) is 14.3 Å². The van der Waals surface area contributed by atoms with Crippen LogP contribution in [0.1, 0.15) is 11.1 Å². The Morgan fingerprint density at radius 2 is 1.69 bits per heavy atom. The molecule has 5 aromatic rings. The summed E-state index contributed by atoms with van der Waals surface area (Å²) >= 11 is 4.76. The highest BCUT2D eigenvalue weighted by molar-refractivity contribution is 9.10. The predicted octanol–water partition coefficient (Wildman–Crippen LogP) is 5.91. The molecule has 0 saturated heterocycles. The highest BCUT2D eigenvalue weighted by atomic mass is 79.9. The van der Waals surface area contributed by atoms with E-state index < -0.39 is 0 Å². The van der Waals surface area contributed by atoms with E-state index in [1.807, 2.05) is 95.6 Å². The number of nitrogens with one attached hydrogen (secondary N) is 1. The van der Waals surface area contributed by atoms with E-state index in [0.717, 1.165) is 32.6 Å². The highest BCUT2D eigenvalue weighted by Gasteiger charge is 2.17. The zero-order valence-corrected chi connectivity index (χ0v) is 23.0. The molecule has 2 heterocycles. The van der Waals surface area contributed by atoms with E-state index in [-0.39, 0.29) is 11.7 Å². The number of ether oxygens (including phenoxy) is 1. The van der Waals surface area contributed by atoms with Gasteiger partial charge in [0, 0.05) is 28.1 Å². The summed E-state index contributed by atoms with van der Waals surface area (Å²) in [5.41, 5.74) is 6.27. The number of nitrogens with zero attached hydrogens (tertiary/aromatic N) is 5. The van der Waals surface area contributed by atoms with Crippen molar-refractivity contribution in [1.29, 1.82) is 0 Å². The largest absolute Gasteiger partial charge is 0.489 e. The van der Waals surface area contributed by atoms with Crippen molar-refractivity contribution >= 4 is 39.8 Å². The molecule has 5 rings (SSSR count). The molecule has 1 N–H and O–H groups in total. The van der Waals surface area contributed by atoms with Crippen molar-refractivity contribution in [1.82, 2.24) is 25.2 Å². The molecule has 0 saturated carbocycles. The molecule has 0 aliphatic rings. The number of pyridine rings is 1. The maximum Gasteiger partial charge on any atom is 0.250 e. The molecule has 0 bridgehead atoms. The third kappa shape index (κ3) is 7.18. The molecule has 1 amide bonds. The summed E-state index contributed by atoms with van der Waals surface area (Å²) in [5.74, 6) is 1.29. The van der Waals surface area contributed by atoms with Gasteiger partial charge in [0.15, 0.2) is 11.0 Å². The van der Waals surface area contributed by atoms with E-state index in [2.05, 4.69) is 41.6 Å². The monoisotopic (exact) mass is 598 g/mol. The summed E-state index contributed by atoms with van der Waals surface area (Å²) in [6.07, 6.45) is 5.01. The molecule has 0 aliphatic carbocycles. The first-order valence-electron chi connectivity index (χ1n) is 12.0. The molecule has 194 valence electrons. The zero-order valence-electron chi connectivity index (χ0n) is 20.6. The molecule has 8 nitrogen and oxygen atoms in total. The quantitative estimate of drug-likeness (QED) is 0.122. The Morgan fingerprint density at radius 3 is 2.44 bits per heavy atom. The van der Waals surface area contributed by atoms with Crippen LogP contribution < -0.4 is 10.2 Å². The SMILES string of the molecule is O=C(CSc1nnc(-c2ccncc2)n1-c1ccc(Br)cc1)N/N=C/c1ccc(OCc2ccccc2)cc1. The van der Waals surface area contributed by atoms with Crippen molar-refractivity contribution in [2.75, 3.05) is 5.75 Å². The molecule has 0 radical (unpaired) electrons. The fourth-order valence-electron chi connectivity index (χ4n) is 3.61. The van der Waals surface area contributed by atoms with Crippen LogP contribution in [-0.4, -0.2) is 37.6 Å². The van der Waals surface area contributed by atoms with E-state index in [1.165, 1.54) is 11.8 Å². The molecule has 2 aromatic heterocycles. The van der Waals surface area contributed by atoms with Gasteiger partial charge in [0.05, 0.1) is 12.0 Å². The van der Waals surface area contributed by atoms with Gasteiger partial charge >= 0.3 is 0 Å². The fourth-order valence-corrected chi connectivity index (χ4v) is 4.62. The molecular formula is C29H23BrN6O2S. The average Bonchev–Trinajstić information content (AvgIpc) is 3.41. The summed E-state index contributed by atoms with van der Waals surface area (Å²) in [6.45, 7) is 0.502. The number of aromatic nitrogens is 4. The van der Waals surface area contributed by atoms with Gasteiger partial charge in [-0.25, -0.2) is 5.43 Å². The van der Waals surface area contributed by atoms with Crippen LogP contribution in [0.2, 0.25) is 0 Å². The molecule has 0 unspecified atom stereocenters. The van der Waals surface area contributed by atoms with Crippen LogP contribution >= 0.6 is 27.7 Å². The summed E-state index contributed by atoms with van der Waals surface area (Å²) in [7, 11) is 0. The second kappa shape index (κ2) is 13.0. The van der Waals surface area contributed by atoms with Gasteiger partial charge in [0.2, 0.25) is 0 Å². The normalized spacial score (nSPS) is 11.0. The second-order valence-electron chi connectivity index (χ2n) is 8.28. The van der Waals surface area contributed by atoms with E-state index >= 15 is 0 Å². The van der Waals surface area contributed by atoms with Gasteiger partial charge in [-0.2, -0.15) is 5.10 Å². The van der Waals surface area contributed by atoms with Gasteiger partial charge in [-0.05, 0) is 71.8 Å². The molecule has 3 aromatic carbocycles. The van der Waals surface area contributed by atoms with Gasteiger partial charge in [0.25, 0.3) is 5.91 Å². The Balaban J connectivity index is 1.18. The molecule has 0 atom stereocenters. The number of halogens is 1. The molecule has 0 fully saturated rings. The topological polar surface area (TPSA) is 94.3 Å². The second-order valence-corrected chi connectivity index (χ2v) is 10.1. The third-order valence-electron chi connectivity index (χ3n) is 5.52. The van der Waals surface area contributed by atoms with E-state index in [0.29, 0.717) is 17.6 Å². The minimum atomic E-state index is -0.255. The molecule has 39 heavy (non-hydrogen) atoms. The Hall–Kier alpha value is -4.28. The summed E-state index contributed by atoms with van der Waals surface area (Å²) in [4.78, 5) is 16.6. The predicted molar refractivity (Wildman–Crippen MR) is 156 cm³/mol. The minimum Gasteiger partial charge on any atom is -0.489 e. The fraction of sp³-hybridized carbons (Fsp3) is 0.0690. The van der Waals surface area contributed by atoms with Crippen molar-refractivity contribution in [3.8, 4) is 22.8 Å². The van der Waals surface area contributed by atoms with Crippen molar-refractivity contribution in [3.63, 3.8) is 0 Å². The minimum absolute atomic E-state index is 0.120. The van der Waals surface area contributed by atoms with E-state index in [1.54, 1.807) is 18.6 Å². The van der Waals surface area contributed by atoms with Gasteiger partial charge < -0.3 is 4.74 Å². The average molecular weight is 600 g/mol. The highest BCUT2D eigenvalue weighted by Crippen LogP contribution is 2.28. The Bertz CT molecular complexity index is 1540. The lowest BCUT2D eigenvalue weighted by Crippen LogP contribution is -2.20. The van der Waals surface area contributed by atoms with Crippen LogP contribution in [0.25, 0.3) is 17.1 Å². The first-order valence-corrected chi connectivity index (χ1v) is 13.8. The smallest absolute Gasteiger partial charge is 0.250 e. The van der Waals surface area contributed by atoms with Crippen LogP contribution in [0.4, 0.5) is 0 Å². The zero-order chi connectivity index (χ0) is 26.9. The van der Waals surface area contributed by atoms with Gasteiger partial charge in [0.1, 0.15) is 12.4 Å². The first kappa shape index (κ1) is 26.3. The molecule has 0 aliphatic heterocycles. The molecular weight excluding hydrogens is 576 g/mol. The maximum atomic E-state index is 12.5. The number of amides is 1. The summed E-state index contributed by atoms with van der Waals surface area (Å²) < 4.78 is 8.69. The number of hydrazone groups is 1. The number of benzene rings is 3. The van der Waals surface area contributed by atoms with Gasteiger partial charge in [-0.1, -0.05) is 58.0 Å². The van der Waals surface area contributed by atoms with Crippen molar-refractivity contribution < 1.29 is 9.53 Å². The van der Waals surface area contributed by atoms with E-state index in [4.69, 9.17) is 4.74 Å². The number of carbonyl (C=O) groups is 1. The lowest BCUT2D eigenvalue weighted by molar-refractivity contribution is -0.118. The third-order valence-corrected chi connectivity index (χ3v) is 6.98. The number of carbonyl (C=O) groups excluding carboxylic acids is 1. The molecule has 10 heteroatoms. The number of thioether (sulfide) groups is 1. The standard InChI is InChI=1S/C29H23BrN6O2S/c30-24-8-10-25(11-9-24)36-28(23-14-16-31-17-15-23)34-35-29(36)39-20-27(37)33-32-18-21-6-12-26(13-7-21)38-19-22-4-2-1-3-5-22/h1-18H,19-20H2,(H,33,37)/b32-18+. The summed E-state index contributed by atoms with van der Waals surface area (Å²) in [5, 5.41) is 13.4. The van der Waals surface area contributed by atoms with E-state index in [9.17, 15) is 4.79 Å². The number of hydrogen-bond acceptors (Lipinski definition) is 7. The molecule has 0 spiro atoms. The first-order chi connectivity index (χ1) is 19.2. The van der Waals surface area contributed by atoms with Gasteiger partial charge in [-0.15, -0.1) is 10.2 Å². The van der Waals surface area contributed by atoms with Crippen molar-refractivity contribution in [3.05, 3.63) is 119 Å². The number of rotatable bonds is 10. The summed E-state index contributed by atoms with van der Waals surface area (Å²) in [6, 6.07) is 29.1. The van der Waals surface area contributed by atoms with Crippen LogP contribution in [-0.2, 0) is 11.4 Å². The Labute approximate surface area is 238 Å². The van der Waals surface area contributed by atoms with Crippen LogP contribution in [0, 0.1) is 0 Å². The Morgan fingerprint density at radius 1 is 0.949 bits per heavy atom. The maximum absolute atomic E-state index is 12.5. The number of hydrogen-bond donors (Lipinski definition) is 1. The lowest BCUT2D eigenvalue weighted by atomic mass is 10.2. The lowest BCUT2D eigenvalue weighted by Gasteiger charge is -2.10. The van der Waals surface area contributed by atoms with Crippen LogP contribution in [0.3, 0.4) is 0 Å². The van der Waals surface area contributed by atoms with Crippen molar-refractivity contribution in [2.45, 2.75) is 11.8 Å². The Kier molecular flexibility index (Phi) is 8.77.